The van der Waals surface area contributed by atoms with Gasteiger partial charge in [-0.15, -0.1) is 11.8 Å². The van der Waals surface area contributed by atoms with Crippen LogP contribution >= 0.6 is 11.8 Å². The summed E-state index contributed by atoms with van der Waals surface area (Å²) in [4.78, 5) is 3.14. The van der Waals surface area contributed by atoms with Gasteiger partial charge >= 0.3 is 0 Å². The maximum Gasteiger partial charge on any atom is 0.100 e. The van der Waals surface area contributed by atoms with Crippen LogP contribution in [-0.4, -0.2) is 34.9 Å². The van der Waals surface area contributed by atoms with Crippen molar-refractivity contribution in [1.29, 1.82) is 0 Å². The molecule has 3 rings (SSSR count). The largest absolute Gasteiger partial charge is 0.364 e. The summed E-state index contributed by atoms with van der Waals surface area (Å²) in [7, 11) is 0. The molecule has 0 bridgehead atoms. The van der Waals surface area contributed by atoms with E-state index in [4.69, 9.17) is 4.74 Å². The van der Waals surface area contributed by atoms with Crippen molar-refractivity contribution in [2.75, 3.05) is 19.1 Å². The third-order valence-corrected chi connectivity index (χ3v) is 5.42. The van der Waals surface area contributed by atoms with E-state index < -0.39 is 0 Å². The van der Waals surface area contributed by atoms with Gasteiger partial charge in [-0.2, -0.15) is 0 Å². The summed E-state index contributed by atoms with van der Waals surface area (Å²) in [6.45, 7) is 1.88. The van der Waals surface area contributed by atoms with Gasteiger partial charge in [-0.25, -0.2) is 0 Å². The molecule has 3 aliphatic rings. The first-order valence-electron chi connectivity index (χ1n) is 5.39. The van der Waals surface area contributed by atoms with E-state index in [-0.39, 0.29) is 0 Å². The number of ether oxygens (including phenoxy) is 1. The molecule has 2 nitrogen and oxygen atoms in total. The van der Waals surface area contributed by atoms with E-state index in [2.05, 4.69) is 16.7 Å². The zero-order chi connectivity index (χ0) is 8.73. The van der Waals surface area contributed by atoms with E-state index in [0.717, 1.165) is 19.4 Å². The zero-order valence-electron chi connectivity index (χ0n) is 8.00. The van der Waals surface area contributed by atoms with E-state index in [9.17, 15) is 0 Å². The number of hydrogen-bond donors (Lipinski definition) is 0. The van der Waals surface area contributed by atoms with Crippen LogP contribution in [-0.2, 0) is 4.74 Å². The van der Waals surface area contributed by atoms with Crippen molar-refractivity contribution in [3.8, 4) is 0 Å². The van der Waals surface area contributed by atoms with E-state index in [1.54, 1.807) is 0 Å². The van der Waals surface area contributed by atoms with Crippen molar-refractivity contribution in [3.05, 3.63) is 0 Å². The molecule has 0 aromatic heterocycles. The number of hydrogen-bond acceptors (Lipinski definition) is 3. The fourth-order valence-electron chi connectivity index (χ4n) is 2.94. The Morgan fingerprint density at radius 2 is 2.08 bits per heavy atom. The highest BCUT2D eigenvalue weighted by Gasteiger charge is 2.49. The summed E-state index contributed by atoms with van der Waals surface area (Å²) in [6, 6.07) is 0.739. The molecule has 74 valence electrons. The molecule has 13 heavy (non-hydrogen) atoms. The predicted octanol–water partition coefficient (Wildman–Crippen LogP) is 2.05. The quantitative estimate of drug-likeness (QED) is 0.592. The predicted molar refractivity (Wildman–Crippen MR) is 54.7 cm³/mol. The highest BCUT2D eigenvalue weighted by molar-refractivity contribution is 8.00. The van der Waals surface area contributed by atoms with E-state index in [1.807, 2.05) is 0 Å². The van der Waals surface area contributed by atoms with Crippen LogP contribution in [0.3, 0.4) is 0 Å². The van der Waals surface area contributed by atoms with Gasteiger partial charge in [-0.1, -0.05) is 19.3 Å². The molecule has 1 atom stereocenters. The molecule has 1 spiro atoms. The molecule has 0 aromatic carbocycles. The summed E-state index contributed by atoms with van der Waals surface area (Å²) in [5.74, 6) is 1.31. The molecule has 0 amide bonds. The Morgan fingerprint density at radius 3 is 2.92 bits per heavy atom. The first-order chi connectivity index (χ1) is 6.41. The minimum Gasteiger partial charge on any atom is -0.364 e. The highest BCUT2D eigenvalue weighted by atomic mass is 32.2. The van der Waals surface area contributed by atoms with Crippen molar-refractivity contribution in [2.24, 2.45) is 0 Å². The molecule has 2 aliphatic heterocycles. The monoisotopic (exact) mass is 199 g/mol. The van der Waals surface area contributed by atoms with Gasteiger partial charge in [0.2, 0.25) is 0 Å². The van der Waals surface area contributed by atoms with Crippen molar-refractivity contribution in [2.45, 2.75) is 43.0 Å². The Labute approximate surface area is 84.0 Å². The van der Waals surface area contributed by atoms with Crippen LogP contribution < -0.4 is 0 Å². The second-order valence-corrected chi connectivity index (χ2v) is 5.82. The molecule has 0 N–H and O–H groups in total. The molecule has 1 aliphatic carbocycles. The Hall–Kier alpha value is 0.270. The number of nitrogens with zero attached hydrogens (tertiary/aromatic N) is 1. The molecule has 3 fully saturated rings. The maximum atomic E-state index is 5.55. The topological polar surface area (TPSA) is 12.5 Å². The smallest absolute Gasteiger partial charge is 0.100 e. The normalized spacial score (nSPS) is 38.3. The Kier molecular flexibility index (Phi) is 2.07. The molecule has 0 radical (unpaired) electrons. The molecule has 1 unspecified atom stereocenters. The average molecular weight is 199 g/mol. The fourth-order valence-corrected chi connectivity index (χ4v) is 4.66. The van der Waals surface area contributed by atoms with Crippen LogP contribution in [0.2, 0.25) is 0 Å². The van der Waals surface area contributed by atoms with Crippen LogP contribution in [0.4, 0.5) is 0 Å². The highest BCUT2D eigenvalue weighted by Crippen LogP contribution is 2.50. The molecule has 2 heterocycles. The third-order valence-electron chi connectivity index (χ3n) is 3.68. The van der Waals surface area contributed by atoms with Crippen molar-refractivity contribution < 1.29 is 4.74 Å². The maximum absolute atomic E-state index is 5.55. The third kappa shape index (κ3) is 1.24. The second-order valence-electron chi connectivity index (χ2n) is 4.44. The minimum absolute atomic E-state index is 0.499. The Morgan fingerprint density at radius 1 is 1.23 bits per heavy atom. The summed E-state index contributed by atoms with van der Waals surface area (Å²) in [5.41, 5.74) is 0. The molecule has 3 heteroatoms. The van der Waals surface area contributed by atoms with Crippen LogP contribution in [0.15, 0.2) is 0 Å². The van der Waals surface area contributed by atoms with Crippen LogP contribution in [0.25, 0.3) is 0 Å². The number of fused-ring (bicyclic) bond motifs is 2. The van der Waals surface area contributed by atoms with Crippen LogP contribution in [0.5, 0.6) is 0 Å². The molecular weight excluding hydrogens is 182 g/mol. The lowest BCUT2D eigenvalue weighted by molar-refractivity contribution is 0.0795. The zero-order valence-corrected chi connectivity index (χ0v) is 8.81. The van der Waals surface area contributed by atoms with Gasteiger partial charge in [-0.05, 0) is 12.8 Å². The lowest BCUT2D eigenvalue weighted by Crippen LogP contribution is -2.44. The second kappa shape index (κ2) is 3.14. The van der Waals surface area contributed by atoms with Crippen molar-refractivity contribution >= 4 is 11.8 Å². The van der Waals surface area contributed by atoms with Gasteiger partial charge in [0.15, 0.2) is 0 Å². The summed E-state index contributed by atoms with van der Waals surface area (Å²) < 4.78 is 5.55. The van der Waals surface area contributed by atoms with Crippen molar-refractivity contribution in [1.82, 2.24) is 4.90 Å². The van der Waals surface area contributed by atoms with E-state index in [1.165, 1.54) is 37.9 Å². The van der Waals surface area contributed by atoms with Crippen LogP contribution in [0, 0.1) is 0 Å². The van der Waals surface area contributed by atoms with Crippen LogP contribution in [0.1, 0.15) is 32.1 Å². The van der Waals surface area contributed by atoms with E-state index in [0.29, 0.717) is 4.87 Å². The lowest BCUT2D eigenvalue weighted by Gasteiger charge is -2.39. The van der Waals surface area contributed by atoms with Gasteiger partial charge in [-0.3, -0.25) is 4.90 Å². The average Bonchev–Trinajstić information content (AvgIpc) is 2.73. The minimum atomic E-state index is 0.499. The number of rotatable bonds is 0. The van der Waals surface area contributed by atoms with E-state index >= 15 is 0 Å². The van der Waals surface area contributed by atoms with Gasteiger partial charge in [0, 0.05) is 11.8 Å². The summed E-state index contributed by atoms with van der Waals surface area (Å²) in [6.07, 6.45) is 7.10. The Bertz CT molecular complexity index is 198. The van der Waals surface area contributed by atoms with Gasteiger partial charge < -0.3 is 4.74 Å². The summed E-state index contributed by atoms with van der Waals surface area (Å²) >= 11 is 2.20. The molecule has 2 saturated heterocycles. The number of thioether (sulfide) groups is 1. The SMILES string of the molecule is C1CCC2(CC1)SCC1COCN12. The van der Waals surface area contributed by atoms with Crippen molar-refractivity contribution in [3.63, 3.8) is 0 Å². The fraction of sp³-hybridized carbons (Fsp3) is 1.00. The molecule has 0 aromatic rings. The Balaban J connectivity index is 1.81. The lowest BCUT2D eigenvalue weighted by atomic mass is 9.93. The van der Waals surface area contributed by atoms with Gasteiger partial charge in [0.05, 0.1) is 11.5 Å². The first-order valence-corrected chi connectivity index (χ1v) is 6.38. The van der Waals surface area contributed by atoms with Gasteiger partial charge in [0.1, 0.15) is 6.73 Å². The van der Waals surface area contributed by atoms with Gasteiger partial charge in [0.25, 0.3) is 0 Å². The summed E-state index contributed by atoms with van der Waals surface area (Å²) in [5, 5.41) is 0. The molecular formula is C10H17NOS. The standard InChI is InChI=1S/C10H17NOS/c1-2-4-10(5-3-1)11-8-12-6-9(11)7-13-10/h9H,1-8H2. The molecule has 1 saturated carbocycles. The first kappa shape index (κ1) is 8.57.